The van der Waals surface area contributed by atoms with Crippen molar-refractivity contribution in [2.75, 3.05) is 10.5 Å². The van der Waals surface area contributed by atoms with Crippen molar-refractivity contribution < 1.29 is 12.8 Å². The van der Waals surface area contributed by atoms with E-state index in [1.54, 1.807) is 30.3 Å². The van der Waals surface area contributed by atoms with Crippen LogP contribution in [-0.4, -0.2) is 29.2 Å². The normalized spacial score (nSPS) is 19.9. The number of fused-ring (bicyclic) bond motifs is 1. The van der Waals surface area contributed by atoms with Crippen molar-refractivity contribution in [1.82, 2.24) is 14.8 Å². The molecule has 0 radical (unpaired) electrons. The molecule has 0 bridgehead atoms. The number of nitrogens with two attached hydrogens (primary N) is 2. The number of aromatic nitrogens is 3. The number of hydrogen-bond acceptors (Lipinski definition) is 6. The van der Waals surface area contributed by atoms with Crippen LogP contribution in [0.2, 0.25) is 5.02 Å². The van der Waals surface area contributed by atoms with Gasteiger partial charge in [0.15, 0.2) is 0 Å². The maximum atomic E-state index is 15.3. The van der Waals surface area contributed by atoms with Crippen LogP contribution >= 0.6 is 11.6 Å². The van der Waals surface area contributed by atoms with E-state index < -0.39 is 15.8 Å². The first-order valence-electron chi connectivity index (χ1n) is 13.2. The first-order chi connectivity index (χ1) is 18.7. The summed E-state index contributed by atoms with van der Waals surface area (Å²) in [6, 6.07) is 11.5. The van der Waals surface area contributed by atoms with Crippen LogP contribution < -0.4 is 16.2 Å². The third kappa shape index (κ3) is 5.20. The molecule has 6 rings (SSSR count). The summed E-state index contributed by atoms with van der Waals surface area (Å²) in [6.07, 6.45) is 7.78. The Bertz CT molecular complexity index is 1660. The first kappa shape index (κ1) is 26.0. The van der Waals surface area contributed by atoms with Gasteiger partial charge in [0.25, 0.3) is 0 Å². The molecule has 0 saturated heterocycles. The molecule has 0 amide bonds. The van der Waals surface area contributed by atoms with Gasteiger partial charge in [-0.1, -0.05) is 35.9 Å². The number of nitrogen functional groups attached to an aromatic ring is 1. The summed E-state index contributed by atoms with van der Waals surface area (Å²) in [5.74, 6) is -0.433. The largest absolute Gasteiger partial charge is 0.383 e. The minimum Gasteiger partial charge on any atom is -0.383 e. The molecule has 11 heteroatoms. The molecule has 2 saturated carbocycles. The van der Waals surface area contributed by atoms with Crippen LogP contribution in [-0.2, 0) is 15.8 Å². The summed E-state index contributed by atoms with van der Waals surface area (Å²) in [5.41, 5.74) is 16.0. The average Bonchev–Trinajstić information content (AvgIpc) is 3.67. The highest BCUT2D eigenvalue weighted by molar-refractivity contribution is 7.91. The van der Waals surface area contributed by atoms with Crippen LogP contribution in [0.3, 0.4) is 0 Å². The summed E-state index contributed by atoms with van der Waals surface area (Å²) >= 11 is 6.11. The standard InChI is InChI=1S/C28H30ClFN6O2S/c29-22-4-2-1-3-18(22)15-39(37,38)35-24-12-7-17(13-23(24)30)26-25-27(36(34-26)20-10-11-20)21(14-33-28(25)32)16-5-8-19(31)9-6-16/h1-4,7,12-14,16,19-20,35H,5-6,8-11,15,31H2,(H2,32,33). The Hall–Kier alpha value is -3.21. The van der Waals surface area contributed by atoms with Crippen LogP contribution in [0.1, 0.15) is 61.6 Å². The van der Waals surface area contributed by atoms with Gasteiger partial charge in [0.2, 0.25) is 10.0 Å². The van der Waals surface area contributed by atoms with Crippen molar-refractivity contribution in [2.24, 2.45) is 5.73 Å². The monoisotopic (exact) mass is 568 g/mol. The topological polar surface area (TPSA) is 129 Å². The van der Waals surface area contributed by atoms with Crippen molar-refractivity contribution in [1.29, 1.82) is 0 Å². The lowest BCUT2D eigenvalue weighted by Crippen LogP contribution is -2.26. The van der Waals surface area contributed by atoms with Crippen LogP contribution in [0, 0.1) is 5.82 Å². The number of sulfonamides is 1. The molecule has 2 aromatic heterocycles. The van der Waals surface area contributed by atoms with Crippen molar-refractivity contribution in [2.45, 2.75) is 62.3 Å². The highest BCUT2D eigenvalue weighted by atomic mass is 35.5. The van der Waals surface area contributed by atoms with Gasteiger partial charge in [-0.2, -0.15) is 5.10 Å². The third-order valence-electron chi connectivity index (χ3n) is 7.70. The van der Waals surface area contributed by atoms with Crippen LogP contribution in [0.15, 0.2) is 48.7 Å². The zero-order valence-electron chi connectivity index (χ0n) is 21.3. The van der Waals surface area contributed by atoms with Crippen LogP contribution in [0.4, 0.5) is 15.9 Å². The molecule has 2 aliphatic carbocycles. The van der Waals surface area contributed by atoms with E-state index in [1.807, 2.05) is 10.9 Å². The van der Waals surface area contributed by atoms with E-state index in [2.05, 4.69) is 9.71 Å². The minimum absolute atomic E-state index is 0.151. The molecule has 2 heterocycles. The summed E-state index contributed by atoms with van der Waals surface area (Å²) in [6.45, 7) is 0. The molecule has 0 spiro atoms. The zero-order valence-corrected chi connectivity index (χ0v) is 22.9. The number of anilines is 2. The number of halogens is 2. The van der Waals surface area contributed by atoms with E-state index in [-0.39, 0.29) is 23.5 Å². The molecule has 2 aliphatic rings. The predicted molar refractivity (Wildman–Crippen MR) is 152 cm³/mol. The molecule has 5 N–H and O–H groups in total. The fourth-order valence-corrected chi connectivity index (χ4v) is 7.02. The zero-order chi connectivity index (χ0) is 27.3. The number of benzene rings is 2. The Kier molecular flexibility index (Phi) is 6.73. The van der Waals surface area contributed by atoms with Crippen molar-refractivity contribution >= 4 is 44.0 Å². The van der Waals surface area contributed by atoms with Gasteiger partial charge in [0.05, 0.1) is 28.4 Å². The van der Waals surface area contributed by atoms with E-state index in [4.69, 9.17) is 28.2 Å². The Morgan fingerprint density at radius 2 is 1.82 bits per heavy atom. The highest BCUT2D eigenvalue weighted by Crippen LogP contribution is 2.45. The quantitative estimate of drug-likeness (QED) is 0.261. The van der Waals surface area contributed by atoms with E-state index >= 15 is 4.39 Å². The molecule has 39 heavy (non-hydrogen) atoms. The van der Waals surface area contributed by atoms with Crippen molar-refractivity contribution in [3.8, 4) is 11.3 Å². The fraction of sp³-hybridized carbons (Fsp3) is 0.357. The third-order valence-corrected chi connectivity index (χ3v) is 9.29. The molecule has 2 fully saturated rings. The lowest BCUT2D eigenvalue weighted by atomic mass is 9.82. The number of nitrogens with one attached hydrogen (secondary N) is 1. The van der Waals surface area contributed by atoms with E-state index in [1.165, 1.54) is 12.1 Å². The Morgan fingerprint density at radius 1 is 1.08 bits per heavy atom. The Morgan fingerprint density at radius 3 is 2.51 bits per heavy atom. The van der Waals surface area contributed by atoms with Crippen molar-refractivity contribution in [3.63, 3.8) is 0 Å². The minimum atomic E-state index is -3.91. The molecule has 0 atom stereocenters. The second kappa shape index (κ2) is 10.1. The van der Waals surface area contributed by atoms with Gasteiger partial charge in [-0.3, -0.25) is 9.40 Å². The second-order valence-electron chi connectivity index (χ2n) is 10.6. The smallest absolute Gasteiger partial charge is 0.237 e. The number of hydrogen-bond donors (Lipinski definition) is 3. The number of nitrogens with zero attached hydrogens (tertiary/aromatic N) is 3. The van der Waals surface area contributed by atoms with Gasteiger partial charge in [-0.15, -0.1) is 0 Å². The molecule has 2 aromatic carbocycles. The summed E-state index contributed by atoms with van der Waals surface area (Å²) in [5, 5.41) is 5.96. The molecular weight excluding hydrogens is 539 g/mol. The lowest BCUT2D eigenvalue weighted by Gasteiger charge is -2.27. The summed E-state index contributed by atoms with van der Waals surface area (Å²) < 4.78 is 45.2. The van der Waals surface area contributed by atoms with Crippen molar-refractivity contribution in [3.05, 3.63) is 70.6 Å². The highest BCUT2D eigenvalue weighted by Gasteiger charge is 2.32. The summed E-state index contributed by atoms with van der Waals surface area (Å²) in [7, 11) is -3.91. The van der Waals surface area contributed by atoms with Gasteiger partial charge >= 0.3 is 0 Å². The van der Waals surface area contributed by atoms with Gasteiger partial charge in [-0.25, -0.2) is 17.8 Å². The number of pyridine rings is 1. The maximum absolute atomic E-state index is 15.3. The van der Waals surface area contributed by atoms with E-state index in [0.717, 1.165) is 49.6 Å². The fourth-order valence-electron chi connectivity index (χ4n) is 5.50. The molecule has 0 aliphatic heterocycles. The first-order valence-corrected chi connectivity index (χ1v) is 15.2. The Labute approximate surface area is 231 Å². The SMILES string of the molecule is Nc1ncc(C2CCC(N)CC2)c2c1c(-c1ccc(NS(=O)(=O)Cc3ccccc3Cl)c(F)c1)nn2C1CC1. The molecule has 4 aromatic rings. The molecule has 0 unspecified atom stereocenters. The van der Waals surface area contributed by atoms with Crippen LogP contribution in [0.5, 0.6) is 0 Å². The van der Waals surface area contributed by atoms with Gasteiger partial charge in [0, 0.05) is 22.8 Å². The predicted octanol–water partition coefficient (Wildman–Crippen LogP) is 5.73. The average molecular weight is 569 g/mol. The van der Waals surface area contributed by atoms with Gasteiger partial charge in [-0.05, 0) is 73.8 Å². The molecule has 204 valence electrons. The second-order valence-corrected chi connectivity index (χ2v) is 12.7. The number of rotatable bonds is 7. The van der Waals surface area contributed by atoms with E-state index in [0.29, 0.717) is 39.0 Å². The lowest BCUT2D eigenvalue weighted by molar-refractivity contribution is 0.395. The Balaban J connectivity index is 1.36. The maximum Gasteiger partial charge on any atom is 0.237 e. The van der Waals surface area contributed by atoms with Gasteiger partial charge in [0.1, 0.15) is 17.3 Å². The van der Waals surface area contributed by atoms with E-state index in [9.17, 15) is 8.42 Å². The van der Waals surface area contributed by atoms with Gasteiger partial charge < -0.3 is 11.5 Å². The summed E-state index contributed by atoms with van der Waals surface area (Å²) in [4.78, 5) is 4.51. The molecule has 8 nitrogen and oxygen atoms in total. The van der Waals surface area contributed by atoms with Crippen LogP contribution in [0.25, 0.3) is 22.2 Å². The molecular formula is C28H30ClFN6O2S.